The number of hydrogen-bond donors (Lipinski definition) is 1. The standard InChI is InChI=1S/C6H14O.Mg.2H/c1-3-5-6(7)4-2;;;/h6-7H,3-5H2,1-2H3;;;/q;+2;2*-1. The van der Waals surface area contributed by atoms with Gasteiger partial charge in [-0.05, 0) is 12.8 Å². The van der Waals surface area contributed by atoms with Gasteiger partial charge in [-0.2, -0.15) is 0 Å². The van der Waals surface area contributed by atoms with Crippen LogP contribution in [0.4, 0.5) is 0 Å². The summed E-state index contributed by atoms with van der Waals surface area (Å²) in [4.78, 5) is 0. The second kappa shape index (κ2) is 7.73. The van der Waals surface area contributed by atoms with Crippen molar-refractivity contribution < 1.29 is 7.96 Å². The van der Waals surface area contributed by atoms with Gasteiger partial charge in [0.2, 0.25) is 0 Å². The predicted octanol–water partition coefficient (Wildman–Crippen LogP) is 1.40. The molecule has 0 fully saturated rings. The van der Waals surface area contributed by atoms with E-state index in [9.17, 15) is 0 Å². The van der Waals surface area contributed by atoms with Gasteiger partial charge >= 0.3 is 23.1 Å². The van der Waals surface area contributed by atoms with Crippen molar-refractivity contribution in [2.75, 3.05) is 0 Å². The molecule has 2 heteroatoms. The van der Waals surface area contributed by atoms with Crippen molar-refractivity contribution in [3.8, 4) is 0 Å². The average molecular weight is 128 g/mol. The van der Waals surface area contributed by atoms with E-state index in [0.29, 0.717) is 0 Å². The molecule has 0 aromatic heterocycles. The Morgan fingerprint density at radius 3 is 2.12 bits per heavy atom. The SMILES string of the molecule is CCCC(O)CC.[H-].[H-].[Mg+2]. The van der Waals surface area contributed by atoms with Crippen LogP contribution in [-0.4, -0.2) is 34.3 Å². The van der Waals surface area contributed by atoms with Crippen LogP contribution in [-0.2, 0) is 0 Å². The van der Waals surface area contributed by atoms with Gasteiger partial charge in [0, 0.05) is 0 Å². The molecule has 1 unspecified atom stereocenters. The molecule has 0 aromatic carbocycles. The fraction of sp³-hybridized carbons (Fsp3) is 1.00. The molecule has 0 saturated carbocycles. The molecule has 0 aliphatic rings. The molecule has 0 aliphatic carbocycles. The Morgan fingerprint density at radius 1 is 1.50 bits per heavy atom. The van der Waals surface area contributed by atoms with Crippen LogP contribution in [0.25, 0.3) is 0 Å². The van der Waals surface area contributed by atoms with Crippen LogP contribution in [0.15, 0.2) is 0 Å². The van der Waals surface area contributed by atoms with Gasteiger partial charge in [0.1, 0.15) is 0 Å². The van der Waals surface area contributed by atoms with Crippen LogP contribution in [0.5, 0.6) is 0 Å². The fourth-order valence-electron chi connectivity index (χ4n) is 0.537. The summed E-state index contributed by atoms with van der Waals surface area (Å²) in [5.41, 5.74) is 0. The number of rotatable bonds is 3. The molecule has 0 amide bonds. The van der Waals surface area contributed by atoms with Crippen molar-refractivity contribution >= 4 is 23.1 Å². The second-order valence-electron chi connectivity index (χ2n) is 1.85. The van der Waals surface area contributed by atoms with Gasteiger partial charge in [-0.3, -0.25) is 0 Å². The van der Waals surface area contributed by atoms with Gasteiger partial charge < -0.3 is 7.96 Å². The van der Waals surface area contributed by atoms with Crippen LogP contribution in [0.1, 0.15) is 36.0 Å². The van der Waals surface area contributed by atoms with Crippen molar-refractivity contribution in [3.63, 3.8) is 0 Å². The number of hydrogen-bond acceptors (Lipinski definition) is 1. The molecule has 0 spiro atoms. The van der Waals surface area contributed by atoms with Gasteiger partial charge in [-0.1, -0.05) is 20.3 Å². The largest absolute Gasteiger partial charge is 2.00 e. The molecular weight excluding hydrogens is 112 g/mol. The Morgan fingerprint density at radius 2 is 2.00 bits per heavy atom. The van der Waals surface area contributed by atoms with Crippen LogP contribution >= 0.6 is 0 Å². The first-order chi connectivity index (χ1) is 3.31. The first-order valence-corrected chi connectivity index (χ1v) is 2.99. The third-order valence-electron chi connectivity index (χ3n) is 1.09. The minimum Gasteiger partial charge on any atom is -1.00 e. The Labute approximate surface area is 70.6 Å². The zero-order valence-corrected chi connectivity index (χ0v) is 7.27. The molecule has 1 atom stereocenters. The Balaban J connectivity index is -0.0000000600. The Hall–Kier alpha value is 0.726. The van der Waals surface area contributed by atoms with E-state index in [1.165, 1.54) is 0 Å². The number of aliphatic hydroxyl groups is 1. The summed E-state index contributed by atoms with van der Waals surface area (Å²) in [6.45, 7) is 4.08. The second-order valence-corrected chi connectivity index (χ2v) is 1.85. The topological polar surface area (TPSA) is 20.2 Å². The predicted molar refractivity (Wildman–Crippen MR) is 39.2 cm³/mol. The van der Waals surface area contributed by atoms with Crippen molar-refractivity contribution in [1.29, 1.82) is 0 Å². The third-order valence-corrected chi connectivity index (χ3v) is 1.09. The third kappa shape index (κ3) is 6.73. The fourth-order valence-corrected chi connectivity index (χ4v) is 0.537. The summed E-state index contributed by atoms with van der Waals surface area (Å²) in [6.07, 6.45) is 2.89. The van der Waals surface area contributed by atoms with E-state index in [2.05, 4.69) is 6.92 Å². The average Bonchev–Trinajstić information content (AvgIpc) is 1.68. The van der Waals surface area contributed by atoms with Crippen molar-refractivity contribution in [3.05, 3.63) is 0 Å². The maximum Gasteiger partial charge on any atom is 2.00 e. The van der Waals surface area contributed by atoms with Crippen molar-refractivity contribution in [2.45, 2.75) is 39.2 Å². The Kier molecular flexibility index (Phi) is 11.1. The Bertz CT molecular complexity index is 46.7. The van der Waals surface area contributed by atoms with Gasteiger partial charge in [0.15, 0.2) is 0 Å². The van der Waals surface area contributed by atoms with E-state index in [4.69, 9.17) is 5.11 Å². The first-order valence-electron chi connectivity index (χ1n) is 2.99. The molecule has 0 saturated heterocycles. The molecule has 0 bridgehead atoms. The van der Waals surface area contributed by atoms with Gasteiger partial charge in [0.05, 0.1) is 6.10 Å². The summed E-state index contributed by atoms with van der Waals surface area (Å²) < 4.78 is 0. The molecular formula is C6H16MgO. The van der Waals surface area contributed by atoms with E-state index in [0.717, 1.165) is 19.3 Å². The monoisotopic (exact) mass is 128 g/mol. The summed E-state index contributed by atoms with van der Waals surface area (Å²) in [6, 6.07) is 0. The van der Waals surface area contributed by atoms with Gasteiger partial charge in [0.25, 0.3) is 0 Å². The van der Waals surface area contributed by atoms with Crippen molar-refractivity contribution in [1.82, 2.24) is 0 Å². The molecule has 0 heterocycles. The summed E-state index contributed by atoms with van der Waals surface area (Å²) in [5.74, 6) is 0. The van der Waals surface area contributed by atoms with Gasteiger partial charge in [-0.15, -0.1) is 0 Å². The van der Waals surface area contributed by atoms with Crippen LogP contribution in [0.3, 0.4) is 0 Å². The van der Waals surface area contributed by atoms with Crippen molar-refractivity contribution in [2.24, 2.45) is 0 Å². The maximum absolute atomic E-state index is 8.86. The van der Waals surface area contributed by atoms with Crippen LogP contribution in [0, 0.1) is 0 Å². The van der Waals surface area contributed by atoms with E-state index in [-0.39, 0.29) is 32.0 Å². The first kappa shape index (κ1) is 11.5. The summed E-state index contributed by atoms with van der Waals surface area (Å²) in [7, 11) is 0. The van der Waals surface area contributed by atoms with E-state index in [1.807, 2.05) is 6.92 Å². The summed E-state index contributed by atoms with van der Waals surface area (Å²) >= 11 is 0. The molecule has 0 rings (SSSR count). The van der Waals surface area contributed by atoms with Crippen LogP contribution in [0.2, 0.25) is 0 Å². The molecule has 0 radical (unpaired) electrons. The zero-order valence-electron chi connectivity index (χ0n) is 7.85. The van der Waals surface area contributed by atoms with E-state index in [1.54, 1.807) is 0 Å². The van der Waals surface area contributed by atoms with E-state index >= 15 is 0 Å². The molecule has 0 aromatic rings. The quantitative estimate of drug-likeness (QED) is 0.570. The number of aliphatic hydroxyl groups excluding tert-OH is 1. The zero-order chi connectivity index (χ0) is 5.70. The summed E-state index contributed by atoms with van der Waals surface area (Å²) in [5, 5.41) is 8.86. The minimum absolute atomic E-state index is 0. The van der Waals surface area contributed by atoms with Gasteiger partial charge in [-0.25, -0.2) is 0 Å². The molecule has 8 heavy (non-hydrogen) atoms. The molecule has 1 N–H and O–H groups in total. The molecule has 1 nitrogen and oxygen atoms in total. The molecule has 48 valence electrons. The van der Waals surface area contributed by atoms with Crippen LogP contribution < -0.4 is 0 Å². The smallest absolute Gasteiger partial charge is 1.00 e. The van der Waals surface area contributed by atoms with E-state index < -0.39 is 0 Å². The minimum atomic E-state index is -0.0509. The maximum atomic E-state index is 8.86. The molecule has 0 aliphatic heterocycles. The normalized spacial score (nSPS) is 12.4.